The lowest BCUT2D eigenvalue weighted by molar-refractivity contribution is -0.162. The van der Waals surface area contributed by atoms with Crippen LogP contribution in [0.1, 0.15) is 44.0 Å². The van der Waals surface area contributed by atoms with E-state index in [0.29, 0.717) is 13.0 Å². The number of para-hydroxylation sites is 1. The summed E-state index contributed by atoms with van der Waals surface area (Å²) in [7, 11) is 0. The molecule has 2 saturated heterocycles. The van der Waals surface area contributed by atoms with Crippen molar-refractivity contribution in [3.8, 4) is 0 Å². The van der Waals surface area contributed by atoms with Gasteiger partial charge in [-0.05, 0) is 38.3 Å². The second-order valence-corrected chi connectivity index (χ2v) is 7.91. The average molecular weight is 349 g/mol. The average Bonchev–Trinajstić information content (AvgIpc) is 3.24. The van der Waals surface area contributed by atoms with E-state index >= 15 is 0 Å². The number of H-pyrrole nitrogens is 1. The van der Waals surface area contributed by atoms with Crippen molar-refractivity contribution in [3.63, 3.8) is 0 Å². The number of nitrogens with zero attached hydrogens (tertiary/aromatic N) is 2. The highest BCUT2D eigenvalue weighted by Crippen LogP contribution is 2.42. The lowest BCUT2D eigenvalue weighted by Crippen LogP contribution is -2.65. The molecule has 3 atom stereocenters. The normalized spacial score (nSPS) is 27.4. The molecular weight excluding hydrogens is 326 g/mol. The van der Waals surface area contributed by atoms with E-state index in [2.05, 4.69) is 23.2 Å². The molecule has 4 heterocycles. The number of hydrogen-bond donors (Lipinski definition) is 1. The zero-order valence-electron chi connectivity index (χ0n) is 15.2. The lowest BCUT2D eigenvalue weighted by Gasteiger charge is -2.47. The van der Waals surface area contributed by atoms with Crippen LogP contribution in [0.4, 0.5) is 0 Å². The molecule has 0 spiro atoms. The van der Waals surface area contributed by atoms with Crippen LogP contribution in [0.15, 0.2) is 35.9 Å². The molecule has 1 N–H and O–H groups in total. The topological polar surface area (TPSA) is 56.4 Å². The van der Waals surface area contributed by atoms with Crippen molar-refractivity contribution >= 4 is 22.7 Å². The van der Waals surface area contributed by atoms with Crippen LogP contribution in [0.3, 0.4) is 0 Å². The summed E-state index contributed by atoms with van der Waals surface area (Å²) in [5.74, 6) is 0.231. The summed E-state index contributed by atoms with van der Waals surface area (Å²) in [5, 5.41) is 1.16. The Morgan fingerprint density at radius 2 is 1.96 bits per heavy atom. The molecule has 3 aliphatic rings. The van der Waals surface area contributed by atoms with Crippen LogP contribution in [0.2, 0.25) is 0 Å². The summed E-state index contributed by atoms with van der Waals surface area (Å²) in [6, 6.07) is 7.37. The minimum atomic E-state index is -0.385. The molecule has 134 valence electrons. The van der Waals surface area contributed by atoms with Crippen LogP contribution in [0.25, 0.3) is 10.9 Å². The Hall–Kier alpha value is -2.56. The van der Waals surface area contributed by atoms with Gasteiger partial charge >= 0.3 is 0 Å². The molecular formula is C21H23N3O2. The smallest absolute Gasteiger partial charge is 0.246 e. The zero-order chi connectivity index (χ0) is 18.0. The quantitative estimate of drug-likeness (QED) is 0.805. The number of hydrogen-bond acceptors (Lipinski definition) is 2. The van der Waals surface area contributed by atoms with Gasteiger partial charge < -0.3 is 14.8 Å². The first kappa shape index (κ1) is 15.7. The van der Waals surface area contributed by atoms with E-state index in [-0.39, 0.29) is 29.9 Å². The molecule has 2 amide bonds. The number of fused-ring (bicyclic) bond motifs is 5. The summed E-state index contributed by atoms with van der Waals surface area (Å²) in [4.78, 5) is 33.7. The third-order valence-electron chi connectivity index (χ3n) is 6.03. The van der Waals surface area contributed by atoms with Crippen LogP contribution in [-0.2, 0) is 16.0 Å². The first-order chi connectivity index (χ1) is 12.6. The number of benzene rings is 1. The Kier molecular flexibility index (Phi) is 3.30. The molecule has 2 aromatic rings. The first-order valence-electron chi connectivity index (χ1n) is 9.43. The Morgan fingerprint density at radius 1 is 1.15 bits per heavy atom. The molecule has 26 heavy (non-hydrogen) atoms. The second kappa shape index (κ2) is 5.47. The zero-order valence-corrected chi connectivity index (χ0v) is 15.2. The molecule has 1 aromatic heterocycles. The summed E-state index contributed by atoms with van der Waals surface area (Å²) >= 11 is 0. The van der Waals surface area contributed by atoms with Crippen molar-refractivity contribution in [1.82, 2.24) is 14.8 Å². The Bertz CT molecular complexity index is 953. The number of carbonyl (C=O) groups excluding carboxylic acids is 2. The third kappa shape index (κ3) is 2.03. The number of rotatable bonds is 1. The number of piperazine rings is 1. The Balaban J connectivity index is 1.72. The fraction of sp³-hybridized carbons (Fsp3) is 0.429. The van der Waals surface area contributed by atoms with Gasteiger partial charge in [0.25, 0.3) is 0 Å². The van der Waals surface area contributed by atoms with Crippen LogP contribution in [0.5, 0.6) is 0 Å². The Labute approximate surface area is 152 Å². The van der Waals surface area contributed by atoms with Gasteiger partial charge in [-0.25, -0.2) is 0 Å². The summed E-state index contributed by atoms with van der Waals surface area (Å²) in [5.41, 5.74) is 4.47. The molecule has 0 aliphatic carbocycles. The highest BCUT2D eigenvalue weighted by atomic mass is 16.2. The molecule has 0 bridgehead atoms. The maximum absolute atomic E-state index is 13.3. The van der Waals surface area contributed by atoms with Crippen LogP contribution in [0, 0.1) is 0 Å². The van der Waals surface area contributed by atoms with Gasteiger partial charge in [-0.1, -0.05) is 29.8 Å². The van der Waals surface area contributed by atoms with Gasteiger partial charge in [0.2, 0.25) is 11.8 Å². The van der Waals surface area contributed by atoms with Crippen molar-refractivity contribution in [1.29, 1.82) is 0 Å². The highest BCUT2D eigenvalue weighted by Gasteiger charge is 2.52. The fourth-order valence-electron chi connectivity index (χ4n) is 4.94. The standard InChI is InChI=1S/C21H23N3O2/c1-12(2)10-17-19-14(13-6-3-4-7-15(13)22-19)11-18-20(25)23-9-5-8-16(23)21(26)24(17)18/h3-4,6-7,10,16-18,22H,5,8-9,11H2,1-2H3/t16-,17?,18-/m0/s1. The van der Waals surface area contributed by atoms with Gasteiger partial charge in [0.05, 0.1) is 6.04 Å². The van der Waals surface area contributed by atoms with E-state index in [1.807, 2.05) is 35.8 Å². The summed E-state index contributed by atoms with van der Waals surface area (Å²) < 4.78 is 0. The van der Waals surface area contributed by atoms with E-state index in [1.54, 1.807) is 0 Å². The van der Waals surface area contributed by atoms with Crippen molar-refractivity contribution < 1.29 is 9.59 Å². The van der Waals surface area contributed by atoms with Gasteiger partial charge in [0.15, 0.2) is 0 Å². The summed E-state index contributed by atoms with van der Waals surface area (Å²) in [6.07, 6.45) is 4.43. The molecule has 3 aliphatic heterocycles. The van der Waals surface area contributed by atoms with Gasteiger partial charge in [0, 0.05) is 29.6 Å². The fourth-order valence-corrected chi connectivity index (χ4v) is 4.94. The largest absolute Gasteiger partial charge is 0.356 e. The van der Waals surface area contributed by atoms with Gasteiger partial charge in [-0.3, -0.25) is 9.59 Å². The number of aromatic amines is 1. The predicted molar refractivity (Wildman–Crippen MR) is 99.5 cm³/mol. The Morgan fingerprint density at radius 3 is 2.77 bits per heavy atom. The number of allylic oxidation sites excluding steroid dienone is 1. The third-order valence-corrected chi connectivity index (χ3v) is 6.03. The molecule has 5 rings (SSSR count). The van der Waals surface area contributed by atoms with E-state index in [0.717, 1.165) is 35.0 Å². The molecule has 0 radical (unpaired) electrons. The first-order valence-corrected chi connectivity index (χ1v) is 9.43. The van der Waals surface area contributed by atoms with Crippen molar-refractivity contribution in [2.24, 2.45) is 0 Å². The monoisotopic (exact) mass is 349 g/mol. The number of aromatic nitrogens is 1. The number of carbonyl (C=O) groups is 2. The van der Waals surface area contributed by atoms with Crippen molar-refractivity contribution in [2.75, 3.05) is 6.54 Å². The van der Waals surface area contributed by atoms with Gasteiger partial charge in [-0.15, -0.1) is 0 Å². The van der Waals surface area contributed by atoms with Crippen LogP contribution < -0.4 is 0 Å². The van der Waals surface area contributed by atoms with Gasteiger partial charge in [-0.2, -0.15) is 0 Å². The predicted octanol–water partition coefficient (Wildman–Crippen LogP) is 2.93. The van der Waals surface area contributed by atoms with Crippen LogP contribution in [-0.4, -0.2) is 45.2 Å². The second-order valence-electron chi connectivity index (χ2n) is 7.91. The molecule has 5 heteroatoms. The van der Waals surface area contributed by atoms with E-state index in [9.17, 15) is 9.59 Å². The minimum absolute atomic E-state index is 0.110. The SMILES string of the molecule is CC(C)=CC1c2[nH]c3ccccc3c2C[C@H]2C(=O)N3CCC[C@H]3C(=O)N12. The molecule has 1 unspecified atom stereocenters. The van der Waals surface area contributed by atoms with Crippen molar-refractivity contribution in [3.05, 3.63) is 47.2 Å². The molecule has 1 aromatic carbocycles. The van der Waals surface area contributed by atoms with E-state index in [4.69, 9.17) is 0 Å². The van der Waals surface area contributed by atoms with E-state index < -0.39 is 0 Å². The van der Waals surface area contributed by atoms with E-state index in [1.165, 1.54) is 5.56 Å². The lowest BCUT2D eigenvalue weighted by atomic mass is 9.87. The maximum atomic E-state index is 13.3. The molecule has 0 saturated carbocycles. The maximum Gasteiger partial charge on any atom is 0.246 e. The number of nitrogens with one attached hydrogen (secondary N) is 1. The minimum Gasteiger partial charge on any atom is -0.356 e. The van der Waals surface area contributed by atoms with Gasteiger partial charge in [0.1, 0.15) is 12.1 Å². The number of amides is 2. The summed E-state index contributed by atoms with van der Waals surface area (Å²) in [6.45, 7) is 4.81. The molecule has 2 fully saturated rings. The highest BCUT2D eigenvalue weighted by molar-refractivity contribution is 5.99. The molecule has 5 nitrogen and oxygen atoms in total. The van der Waals surface area contributed by atoms with Crippen molar-refractivity contribution in [2.45, 2.75) is 51.2 Å². The van der Waals surface area contributed by atoms with Crippen LogP contribution >= 0.6 is 0 Å².